The first kappa shape index (κ1) is 22.8. The molecule has 1 aromatic carbocycles. The van der Waals surface area contributed by atoms with Crippen molar-refractivity contribution in [3.8, 4) is 5.88 Å². The van der Waals surface area contributed by atoms with Crippen molar-refractivity contribution in [3.63, 3.8) is 0 Å². The van der Waals surface area contributed by atoms with Crippen molar-refractivity contribution in [1.82, 2.24) is 20.1 Å². The second kappa shape index (κ2) is 9.26. The summed E-state index contributed by atoms with van der Waals surface area (Å²) in [6, 6.07) is 4.63. The monoisotopic (exact) mass is 463 g/mol. The predicted octanol–water partition coefficient (Wildman–Crippen LogP) is 4.24. The number of amides is 1. The average molecular weight is 463 g/mol. The highest BCUT2D eigenvalue weighted by molar-refractivity contribution is 6.14. The maximum Gasteiger partial charge on any atom is 0.405 e. The van der Waals surface area contributed by atoms with E-state index in [0.29, 0.717) is 47.5 Å². The van der Waals surface area contributed by atoms with Gasteiger partial charge in [-0.15, -0.1) is 0 Å². The lowest BCUT2D eigenvalue weighted by atomic mass is 10.0. The molecule has 1 aliphatic heterocycles. The Bertz CT molecular complexity index is 1180. The number of carbonyl (C=O) groups excluding carboxylic acids is 1. The van der Waals surface area contributed by atoms with Crippen LogP contribution in [-0.4, -0.2) is 57.4 Å². The molecule has 4 rings (SSSR count). The van der Waals surface area contributed by atoms with Crippen LogP contribution in [0.1, 0.15) is 48.1 Å². The number of halogens is 3. The van der Waals surface area contributed by atoms with Gasteiger partial charge in [0.1, 0.15) is 12.2 Å². The van der Waals surface area contributed by atoms with Crippen LogP contribution in [0.2, 0.25) is 0 Å². The molecule has 1 amide bonds. The molecule has 0 spiro atoms. The van der Waals surface area contributed by atoms with Crippen LogP contribution in [0.25, 0.3) is 10.9 Å². The van der Waals surface area contributed by atoms with Crippen LogP contribution < -0.4 is 5.32 Å². The Labute approximate surface area is 187 Å². The van der Waals surface area contributed by atoms with Gasteiger partial charge in [0.25, 0.3) is 5.91 Å². The molecule has 3 N–H and O–H groups in total. The highest BCUT2D eigenvalue weighted by Gasteiger charge is 2.28. The van der Waals surface area contributed by atoms with Crippen molar-refractivity contribution in [2.45, 2.75) is 38.4 Å². The van der Waals surface area contributed by atoms with E-state index in [2.05, 4.69) is 15.1 Å². The average Bonchev–Trinajstić information content (AvgIpc) is 3.39. The molecule has 1 fully saturated rings. The van der Waals surface area contributed by atoms with E-state index in [0.717, 1.165) is 12.8 Å². The Hall–Kier alpha value is -3.34. The molecule has 2 aromatic heterocycles. The van der Waals surface area contributed by atoms with Crippen LogP contribution in [-0.2, 0) is 4.74 Å². The number of ether oxygens (including phenoxy) is 1. The third-order valence-electron chi connectivity index (χ3n) is 5.53. The van der Waals surface area contributed by atoms with E-state index < -0.39 is 18.6 Å². The van der Waals surface area contributed by atoms with Gasteiger partial charge in [-0.2, -0.15) is 18.3 Å². The first-order chi connectivity index (χ1) is 15.7. The van der Waals surface area contributed by atoms with Crippen molar-refractivity contribution in [2.24, 2.45) is 4.99 Å². The van der Waals surface area contributed by atoms with Gasteiger partial charge >= 0.3 is 6.18 Å². The lowest BCUT2D eigenvalue weighted by molar-refractivity contribution is -0.123. The summed E-state index contributed by atoms with van der Waals surface area (Å²) < 4.78 is 44.6. The van der Waals surface area contributed by atoms with Gasteiger partial charge in [0.15, 0.2) is 5.88 Å². The number of aromatic nitrogens is 3. The Morgan fingerprint density at radius 3 is 2.82 bits per heavy atom. The number of carbonyl (C=O) groups is 1. The molecule has 0 saturated carbocycles. The molecule has 3 aromatic rings. The van der Waals surface area contributed by atoms with Crippen LogP contribution in [0.3, 0.4) is 0 Å². The molecule has 1 saturated heterocycles. The quantitative estimate of drug-likeness (QED) is 0.476. The number of rotatable bonds is 6. The SMILES string of the molecule is CCC(=Nc1cnn(C2CCOCC2)c1)c1c(O)[nH]c2ccc(C(=O)NCC(F)(F)F)cc12. The first-order valence-corrected chi connectivity index (χ1v) is 10.6. The molecular weight excluding hydrogens is 439 g/mol. The van der Waals surface area contributed by atoms with E-state index in [1.165, 1.54) is 18.2 Å². The minimum absolute atomic E-state index is 0.0507. The van der Waals surface area contributed by atoms with Gasteiger partial charge in [-0.1, -0.05) is 6.92 Å². The molecule has 176 valence electrons. The topological polar surface area (TPSA) is 105 Å². The highest BCUT2D eigenvalue weighted by Crippen LogP contribution is 2.31. The lowest BCUT2D eigenvalue weighted by Gasteiger charge is -2.22. The van der Waals surface area contributed by atoms with Gasteiger partial charge in [0.05, 0.1) is 29.7 Å². The number of hydrogen-bond acceptors (Lipinski definition) is 5. The smallest absolute Gasteiger partial charge is 0.405 e. The maximum absolute atomic E-state index is 12.4. The summed E-state index contributed by atoms with van der Waals surface area (Å²) in [4.78, 5) is 19.7. The number of aromatic amines is 1. The molecule has 3 heterocycles. The summed E-state index contributed by atoms with van der Waals surface area (Å²) in [5.74, 6) is -0.983. The third-order valence-corrected chi connectivity index (χ3v) is 5.53. The molecule has 1 aliphatic rings. The number of H-pyrrole nitrogens is 1. The van der Waals surface area contributed by atoms with Crippen LogP contribution >= 0.6 is 0 Å². The van der Waals surface area contributed by atoms with Crippen molar-refractivity contribution < 1.29 is 27.8 Å². The summed E-state index contributed by atoms with van der Waals surface area (Å²) in [5, 5.41) is 17.3. The van der Waals surface area contributed by atoms with Crippen molar-refractivity contribution in [1.29, 1.82) is 0 Å². The minimum Gasteiger partial charge on any atom is -0.494 e. The van der Waals surface area contributed by atoms with Crippen molar-refractivity contribution >= 4 is 28.2 Å². The fourth-order valence-electron chi connectivity index (χ4n) is 3.90. The molecule has 0 bridgehead atoms. The molecule has 0 aliphatic carbocycles. The van der Waals surface area contributed by atoms with E-state index >= 15 is 0 Å². The second-order valence-corrected chi connectivity index (χ2v) is 7.84. The van der Waals surface area contributed by atoms with Gasteiger partial charge in [-0.3, -0.25) is 9.48 Å². The fourth-order valence-corrected chi connectivity index (χ4v) is 3.90. The molecule has 0 atom stereocenters. The van der Waals surface area contributed by atoms with Gasteiger partial charge in [-0.05, 0) is 37.5 Å². The number of fused-ring (bicyclic) bond motifs is 1. The van der Waals surface area contributed by atoms with E-state index in [1.807, 2.05) is 23.1 Å². The second-order valence-electron chi connectivity index (χ2n) is 7.84. The van der Waals surface area contributed by atoms with E-state index in [9.17, 15) is 23.1 Å². The van der Waals surface area contributed by atoms with Crippen LogP contribution in [0.4, 0.5) is 18.9 Å². The summed E-state index contributed by atoms with van der Waals surface area (Å²) in [6.45, 7) is 1.82. The molecule has 33 heavy (non-hydrogen) atoms. The fraction of sp³-hybridized carbons (Fsp3) is 0.409. The van der Waals surface area contributed by atoms with Gasteiger partial charge < -0.3 is 20.1 Å². The van der Waals surface area contributed by atoms with E-state index in [1.54, 1.807) is 6.20 Å². The lowest BCUT2D eigenvalue weighted by Crippen LogP contribution is -2.33. The molecule has 0 radical (unpaired) electrons. The maximum atomic E-state index is 12.4. The van der Waals surface area contributed by atoms with Crippen LogP contribution in [0.15, 0.2) is 35.6 Å². The Balaban J connectivity index is 1.64. The van der Waals surface area contributed by atoms with Gasteiger partial charge in [0.2, 0.25) is 0 Å². The van der Waals surface area contributed by atoms with Crippen LogP contribution in [0, 0.1) is 0 Å². The minimum atomic E-state index is -4.51. The van der Waals surface area contributed by atoms with Gasteiger partial charge in [-0.25, -0.2) is 4.99 Å². The Morgan fingerprint density at radius 1 is 1.36 bits per heavy atom. The Morgan fingerprint density at radius 2 is 2.12 bits per heavy atom. The van der Waals surface area contributed by atoms with E-state index in [4.69, 9.17) is 4.74 Å². The van der Waals surface area contributed by atoms with Gasteiger partial charge in [0, 0.05) is 29.7 Å². The number of nitrogens with zero attached hydrogens (tertiary/aromatic N) is 3. The Kier molecular flexibility index (Phi) is 6.41. The first-order valence-electron chi connectivity index (χ1n) is 10.6. The third kappa shape index (κ3) is 5.19. The number of alkyl halides is 3. The summed E-state index contributed by atoms with van der Waals surface area (Å²) >= 11 is 0. The highest BCUT2D eigenvalue weighted by atomic mass is 19.4. The zero-order chi connectivity index (χ0) is 23.6. The van der Waals surface area contributed by atoms with Crippen molar-refractivity contribution in [3.05, 3.63) is 41.7 Å². The number of hydrogen-bond donors (Lipinski definition) is 3. The molecule has 8 nitrogen and oxygen atoms in total. The summed E-state index contributed by atoms with van der Waals surface area (Å²) in [6.07, 6.45) is 1.18. The predicted molar refractivity (Wildman–Crippen MR) is 116 cm³/mol. The largest absolute Gasteiger partial charge is 0.494 e. The zero-order valence-corrected chi connectivity index (χ0v) is 17.9. The number of benzene rings is 1. The number of aromatic hydroxyl groups is 1. The zero-order valence-electron chi connectivity index (χ0n) is 17.9. The molecular formula is C22H24F3N5O3. The van der Waals surface area contributed by atoms with Crippen LogP contribution in [0.5, 0.6) is 5.88 Å². The number of nitrogens with one attached hydrogen (secondary N) is 2. The summed E-state index contributed by atoms with van der Waals surface area (Å²) in [7, 11) is 0. The van der Waals surface area contributed by atoms with E-state index in [-0.39, 0.29) is 17.5 Å². The molecule has 11 heteroatoms. The molecule has 0 unspecified atom stereocenters. The standard InChI is InChI=1S/C22H24F3N5O3/c1-2-17(28-14-10-27-30(11-14)15-5-7-33-8-6-15)19-16-9-13(3-4-18(16)29-21(19)32)20(31)26-12-22(23,24)25/h3-4,9-11,15,29,32H,2,5-8,12H2,1H3,(H,26,31). The normalized spacial score (nSPS) is 15.8. The summed E-state index contributed by atoms with van der Waals surface area (Å²) in [5.41, 5.74) is 2.16. The van der Waals surface area contributed by atoms with Crippen molar-refractivity contribution in [2.75, 3.05) is 19.8 Å². The number of aliphatic imine (C=N–C) groups is 1.